The zero-order valence-electron chi connectivity index (χ0n) is 14.2. The van der Waals surface area contributed by atoms with Gasteiger partial charge in [0.15, 0.2) is 0 Å². The minimum absolute atomic E-state index is 0.174. The molecule has 0 amide bonds. The molecule has 4 heteroatoms. The molecule has 0 aromatic heterocycles. The van der Waals surface area contributed by atoms with Crippen molar-refractivity contribution < 1.29 is 19.1 Å². The number of hydrogen-bond donors (Lipinski definition) is 0. The van der Waals surface area contributed by atoms with Crippen molar-refractivity contribution in [2.45, 2.75) is 32.3 Å². The van der Waals surface area contributed by atoms with Gasteiger partial charge >= 0.3 is 0 Å². The standard InChI is InChI=1S/C15H12O2.C5H10O2/c16-10-17-9-15-13-7-3-1-5-11(13)12-6-2-4-8-14(12)15;1-5(2,3)7-4-6/h1-8,10,15H,9H2;4H,1-3H3. The van der Waals surface area contributed by atoms with Crippen LogP contribution in [0.3, 0.4) is 0 Å². The Balaban J connectivity index is 0.000000256. The van der Waals surface area contributed by atoms with Gasteiger partial charge in [-0.15, -0.1) is 0 Å². The molecule has 0 saturated heterocycles. The van der Waals surface area contributed by atoms with Crippen molar-refractivity contribution in [3.8, 4) is 11.1 Å². The van der Waals surface area contributed by atoms with Crippen molar-refractivity contribution in [1.82, 2.24) is 0 Å². The van der Waals surface area contributed by atoms with E-state index in [2.05, 4.69) is 29.0 Å². The van der Waals surface area contributed by atoms with Crippen LogP contribution in [0.2, 0.25) is 0 Å². The summed E-state index contributed by atoms with van der Waals surface area (Å²) in [6, 6.07) is 16.6. The predicted octanol–water partition coefficient (Wildman–Crippen LogP) is 3.93. The maximum atomic E-state index is 10.4. The number of carbonyl (C=O) groups excluding carboxylic acids is 2. The first-order valence-corrected chi connectivity index (χ1v) is 7.83. The van der Waals surface area contributed by atoms with E-state index >= 15 is 0 Å². The lowest BCUT2D eigenvalue weighted by Gasteiger charge is -2.14. The van der Waals surface area contributed by atoms with Crippen LogP contribution in [0.25, 0.3) is 11.1 Å². The first-order valence-electron chi connectivity index (χ1n) is 7.83. The van der Waals surface area contributed by atoms with E-state index < -0.39 is 0 Å². The van der Waals surface area contributed by atoms with Crippen molar-refractivity contribution in [3.63, 3.8) is 0 Å². The molecule has 126 valence electrons. The SMILES string of the molecule is CC(C)(C)OC=O.O=COCC1c2ccccc2-c2ccccc21. The normalized spacial score (nSPS) is 12.3. The summed E-state index contributed by atoms with van der Waals surface area (Å²) >= 11 is 0. The molecular weight excluding hydrogens is 304 g/mol. The summed E-state index contributed by atoms with van der Waals surface area (Å²) in [5.74, 6) is 0.174. The number of benzene rings is 2. The molecule has 0 N–H and O–H groups in total. The summed E-state index contributed by atoms with van der Waals surface area (Å²) in [5.41, 5.74) is 4.68. The molecule has 0 saturated carbocycles. The van der Waals surface area contributed by atoms with Crippen LogP contribution in [-0.2, 0) is 19.1 Å². The highest BCUT2D eigenvalue weighted by atomic mass is 16.5. The summed E-state index contributed by atoms with van der Waals surface area (Å²) in [5, 5.41) is 0. The van der Waals surface area contributed by atoms with Gasteiger partial charge in [-0.05, 0) is 43.0 Å². The average Bonchev–Trinajstić information content (AvgIpc) is 2.87. The summed E-state index contributed by atoms with van der Waals surface area (Å²) in [7, 11) is 0. The quantitative estimate of drug-likeness (QED) is 0.799. The molecule has 4 nitrogen and oxygen atoms in total. The smallest absolute Gasteiger partial charge is 0.293 e. The van der Waals surface area contributed by atoms with E-state index in [0.29, 0.717) is 19.6 Å². The van der Waals surface area contributed by atoms with Gasteiger partial charge in [-0.25, -0.2) is 0 Å². The topological polar surface area (TPSA) is 52.6 Å². The van der Waals surface area contributed by atoms with Crippen molar-refractivity contribution in [1.29, 1.82) is 0 Å². The van der Waals surface area contributed by atoms with E-state index in [1.165, 1.54) is 22.3 Å². The molecule has 1 aliphatic carbocycles. The fourth-order valence-corrected chi connectivity index (χ4v) is 2.72. The number of ether oxygens (including phenoxy) is 2. The van der Waals surface area contributed by atoms with Crippen LogP contribution in [0.5, 0.6) is 0 Å². The van der Waals surface area contributed by atoms with Crippen molar-refractivity contribution in [3.05, 3.63) is 59.7 Å². The number of rotatable bonds is 4. The van der Waals surface area contributed by atoms with Crippen LogP contribution in [0, 0.1) is 0 Å². The molecule has 3 rings (SSSR count). The summed E-state index contributed by atoms with van der Waals surface area (Å²) < 4.78 is 9.50. The maximum Gasteiger partial charge on any atom is 0.293 e. The molecule has 0 bridgehead atoms. The third kappa shape index (κ3) is 4.22. The third-order valence-corrected chi connectivity index (χ3v) is 3.70. The first-order chi connectivity index (χ1) is 11.5. The highest BCUT2D eigenvalue weighted by molar-refractivity contribution is 5.78. The zero-order valence-corrected chi connectivity index (χ0v) is 14.2. The Morgan fingerprint density at radius 1 is 0.875 bits per heavy atom. The summed E-state index contributed by atoms with van der Waals surface area (Å²) in [6.45, 7) is 6.85. The van der Waals surface area contributed by atoms with Crippen LogP contribution in [0.15, 0.2) is 48.5 Å². The van der Waals surface area contributed by atoms with Gasteiger partial charge in [0, 0.05) is 5.92 Å². The monoisotopic (exact) mass is 326 g/mol. The lowest BCUT2D eigenvalue weighted by molar-refractivity contribution is -0.138. The molecule has 0 fully saturated rings. The fraction of sp³-hybridized carbons (Fsp3) is 0.300. The van der Waals surface area contributed by atoms with Gasteiger partial charge < -0.3 is 9.47 Å². The zero-order chi connectivity index (χ0) is 17.6. The Kier molecular flexibility index (Phi) is 5.74. The minimum Gasteiger partial charge on any atom is -0.467 e. The molecule has 0 unspecified atom stereocenters. The van der Waals surface area contributed by atoms with Gasteiger partial charge in [-0.2, -0.15) is 0 Å². The van der Waals surface area contributed by atoms with Crippen LogP contribution in [0.4, 0.5) is 0 Å². The van der Waals surface area contributed by atoms with E-state index in [0.717, 1.165) is 0 Å². The van der Waals surface area contributed by atoms with Gasteiger partial charge in [-0.1, -0.05) is 48.5 Å². The molecule has 0 aliphatic heterocycles. The van der Waals surface area contributed by atoms with E-state index in [-0.39, 0.29) is 11.5 Å². The maximum absolute atomic E-state index is 10.4. The van der Waals surface area contributed by atoms with E-state index in [1.807, 2.05) is 45.0 Å². The molecule has 0 heterocycles. The second kappa shape index (κ2) is 7.77. The van der Waals surface area contributed by atoms with E-state index in [9.17, 15) is 9.59 Å². The van der Waals surface area contributed by atoms with Crippen molar-refractivity contribution >= 4 is 12.9 Å². The van der Waals surface area contributed by atoms with Crippen molar-refractivity contribution in [2.24, 2.45) is 0 Å². The lowest BCUT2D eigenvalue weighted by atomic mass is 9.98. The Morgan fingerprint density at radius 3 is 1.75 bits per heavy atom. The third-order valence-electron chi connectivity index (χ3n) is 3.70. The van der Waals surface area contributed by atoms with Gasteiger partial charge in [-0.3, -0.25) is 9.59 Å². The number of fused-ring (bicyclic) bond motifs is 3. The average molecular weight is 326 g/mol. The molecular formula is C20H22O4. The fourth-order valence-electron chi connectivity index (χ4n) is 2.72. The molecule has 0 radical (unpaired) electrons. The molecule has 2 aromatic rings. The molecule has 24 heavy (non-hydrogen) atoms. The summed E-state index contributed by atoms with van der Waals surface area (Å²) in [4.78, 5) is 20.0. The highest BCUT2D eigenvalue weighted by Gasteiger charge is 2.28. The van der Waals surface area contributed by atoms with Gasteiger partial charge in [0.05, 0.1) is 0 Å². The van der Waals surface area contributed by atoms with E-state index in [1.54, 1.807) is 0 Å². The predicted molar refractivity (Wildman–Crippen MR) is 92.6 cm³/mol. The molecule has 0 spiro atoms. The van der Waals surface area contributed by atoms with Crippen molar-refractivity contribution in [2.75, 3.05) is 6.61 Å². The molecule has 1 aliphatic rings. The van der Waals surface area contributed by atoms with Crippen LogP contribution in [0.1, 0.15) is 37.8 Å². The Labute approximate surface area is 142 Å². The van der Waals surface area contributed by atoms with Gasteiger partial charge in [0.25, 0.3) is 12.9 Å². The second-order valence-corrected chi connectivity index (χ2v) is 6.48. The Bertz CT molecular complexity index is 655. The van der Waals surface area contributed by atoms with Crippen LogP contribution < -0.4 is 0 Å². The number of carbonyl (C=O) groups is 2. The molecule has 0 atom stereocenters. The minimum atomic E-state index is -0.318. The Hall–Kier alpha value is -2.62. The molecule has 2 aromatic carbocycles. The first kappa shape index (κ1) is 17.7. The van der Waals surface area contributed by atoms with Gasteiger partial charge in [0.2, 0.25) is 0 Å². The highest BCUT2D eigenvalue weighted by Crippen LogP contribution is 2.44. The van der Waals surface area contributed by atoms with Crippen LogP contribution in [-0.4, -0.2) is 25.2 Å². The number of hydrogen-bond acceptors (Lipinski definition) is 4. The second-order valence-electron chi connectivity index (χ2n) is 6.48. The Morgan fingerprint density at radius 2 is 1.38 bits per heavy atom. The lowest BCUT2D eigenvalue weighted by Crippen LogP contribution is -2.17. The van der Waals surface area contributed by atoms with Crippen LogP contribution >= 0.6 is 0 Å². The summed E-state index contributed by atoms with van der Waals surface area (Å²) in [6.07, 6.45) is 0. The largest absolute Gasteiger partial charge is 0.467 e. The van der Waals surface area contributed by atoms with Gasteiger partial charge in [0.1, 0.15) is 12.2 Å². The van der Waals surface area contributed by atoms with E-state index in [4.69, 9.17) is 4.74 Å².